The first-order valence-electron chi connectivity index (χ1n) is 6.37. The van der Waals surface area contributed by atoms with Gasteiger partial charge in [-0.15, -0.1) is 0 Å². The first-order valence-corrected chi connectivity index (χ1v) is 7.85. The van der Waals surface area contributed by atoms with Gasteiger partial charge in [0.15, 0.2) is 11.5 Å². The van der Waals surface area contributed by atoms with Crippen molar-refractivity contribution >= 4 is 10.0 Å². The second-order valence-corrected chi connectivity index (χ2v) is 6.79. The molecular formula is C13H20N2O4S. The van der Waals surface area contributed by atoms with Gasteiger partial charge in [-0.1, -0.05) is 0 Å². The molecule has 0 aromatic heterocycles. The first kappa shape index (κ1) is 15.1. The Morgan fingerprint density at radius 2 is 1.95 bits per heavy atom. The van der Waals surface area contributed by atoms with E-state index in [2.05, 4.69) is 10.0 Å². The van der Waals surface area contributed by atoms with Crippen LogP contribution in [-0.2, 0) is 10.0 Å². The minimum atomic E-state index is -3.59. The smallest absolute Gasteiger partial charge is 0.241 e. The number of ether oxygens (including phenoxy) is 2. The number of hydrogen-bond acceptors (Lipinski definition) is 5. The molecule has 0 amide bonds. The van der Waals surface area contributed by atoms with E-state index in [0.717, 1.165) is 13.0 Å². The summed E-state index contributed by atoms with van der Waals surface area (Å²) >= 11 is 0. The summed E-state index contributed by atoms with van der Waals surface area (Å²) in [4.78, 5) is 0.170. The van der Waals surface area contributed by atoms with Crippen LogP contribution in [0, 0.1) is 0 Å². The number of nitrogens with one attached hydrogen (secondary N) is 2. The summed E-state index contributed by atoms with van der Waals surface area (Å²) < 4.78 is 37.8. The lowest BCUT2D eigenvalue weighted by atomic mass is 10.0. The van der Waals surface area contributed by atoms with Gasteiger partial charge in [0.25, 0.3) is 0 Å². The van der Waals surface area contributed by atoms with Gasteiger partial charge >= 0.3 is 0 Å². The van der Waals surface area contributed by atoms with E-state index < -0.39 is 15.6 Å². The third kappa shape index (κ3) is 3.05. The fraction of sp³-hybridized carbons (Fsp3) is 0.538. The second kappa shape index (κ2) is 5.59. The third-order valence-corrected chi connectivity index (χ3v) is 5.05. The molecule has 0 spiro atoms. The van der Waals surface area contributed by atoms with E-state index in [4.69, 9.17) is 9.47 Å². The summed E-state index contributed by atoms with van der Waals surface area (Å²) in [7, 11) is -0.600. The highest BCUT2D eigenvalue weighted by Gasteiger charge is 2.33. The van der Waals surface area contributed by atoms with Crippen LogP contribution in [0.1, 0.15) is 13.3 Å². The maximum Gasteiger partial charge on any atom is 0.241 e. The molecule has 1 atom stereocenters. The van der Waals surface area contributed by atoms with E-state index in [-0.39, 0.29) is 4.90 Å². The van der Waals surface area contributed by atoms with Crippen molar-refractivity contribution in [3.63, 3.8) is 0 Å². The third-order valence-electron chi connectivity index (χ3n) is 3.41. The van der Waals surface area contributed by atoms with E-state index in [1.165, 1.54) is 26.4 Å². The van der Waals surface area contributed by atoms with E-state index in [0.29, 0.717) is 18.0 Å². The second-order valence-electron chi connectivity index (χ2n) is 5.11. The molecule has 112 valence electrons. The number of hydrogen-bond donors (Lipinski definition) is 2. The number of rotatable bonds is 5. The highest BCUT2D eigenvalue weighted by atomic mass is 32.2. The highest BCUT2D eigenvalue weighted by molar-refractivity contribution is 7.89. The Labute approximate surface area is 119 Å². The van der Waals surface area contributed by atoms with E-state index in [1.807, 2.05) is 6.92 Å². The first-order chi connectivity index (χ1) is 9.40. The maximum atomic E-state index is 12.4. The molecule has 0 saturated carbocycles. The zero-order chi connectivity index (χ0) is 14.8. The molecule has 20 heavy (non-hydrogen) atoms. The lowest BCUT2D eigenvalue weighted by Crippen LogP contribution is -2.47. The van der Waals surface area contributed by atoms with E-state index in [9.17, 15) is 8.42 Å². The summed E-state index contributed by atoms with van der Waals surface area (Å²) in [5.74, 6) is 0.894. The van der Waals surface area contributed by atoms with Crippen molar-refractivity contribution in [1.29, 1.82) is 0 Å². The summed E-state index contributed by atoms with van der Waals surface area (Å²) in [5, 5.41) is 3.16. The highest BCUT2D eigenvalue weighted by Crippen LogP contribution is 2.30. The van der Waals surface area contributed by atoms with Crippen LogP contribution in [0.25, 0.3) is 0 Å². The molecule has 0 bridgehead atoms. The Balaban J connectivity index is 2.29. The Bertz CT molecular complexity index is 580. The standard InChI is InChI=1S/C13H20N2O4S/c1-13(6-7-14-9-13)15-20(16,17)10-4-5-11(18-2)12(8-10)19-3/h4-5,8,14-15H,6-7,9H2,1-3H3. The normalized spacial score (nSPS) is 22.8. The predicted molar refractivity (Wildman–Crippen MR) is 75.8 cm³/mol. The monoisotopic (exact) mass is 300 g/mol. The molecule has 1 aliphatic heterocycles. The molecule has 2 rings (SSSR count). The summed E-state index contributed by atoms with van der Waals surface area (Å²) in [5.41, 5.74) is -0.452. The molecule has 1 fully saturated rings. The zero-order valence-corrected chi connectivity index (χ0v) is 12.7. The summed E-state index contributed by atoms with van der Waals surface area (Å²) in [6, 6.07) is 4.56. The maximum absolute atomic E-state index is 12.4. The lowest BCUT2D eigenvalue weighted by Gasteiger charge is -2.24. The zero-order valence-electron chi connectivity index (χ0n) is 11.9. The van der Waals surface area contributed by atoms with Gasteiger partial charge in [-0.2, -0.15) is 0 Å². The van der Waals surface area contributed by atoms with Gasteiger partial charge in [0.2, 0.25) is 10.0 Å². The van der Waals surface area contributed by atoms with Gasteiger partial charge < -0.3 is 14.8 Å². The van der Waals surface area contributed by atoms with Gasteiger partial charge in [0.1, 0.15) is 0 Å². The molecule has 6 nitrogen and oxygen atoms in total. The minimum Gasteiger partial charge on any atom is -0.493 e. The molecule has 1 aromatic rings. The van der Waals surface area contributed by atoms with Crippen molar-refractivity contribution in [2.24, 2.45) is 0 Å². The van der Waals surface area contributed by atoms with Crippen LogP contribution in [-0.4, -0.2) is 41.3 Å². The topological polar surface area (TPSA) is 76.7 Å². The Morgan fingerprint density at radius 1 is 1.25 bits per heavy atom. The van der Waals surface area contributed by atoms with Gasteiger partial charge in [-0.25, -0.2) is 13.1 Å². The summed E-state index contributed by atoms with van der Waals surface area (Å²) in [6.07, 6.45) is 0.763. The van der Waals surface area contributed by atoms with E-state index in [1.54, 1.807) is 6.07 Å². The summed E-state index contributed by atoms with van der Waals surface area (Å²) in [6.45, 7) is 3.33. The fourth-order valence-corrected chi connectivity index (χ4v) is 3.72. The number of benzene rings is 1. The Hall–Kier alpha value is -1.31. The number of methoxy groups -OCH3 is 2. The largest absolute Gasteiger partial charge is 0.493 e. The van der Waals surface area contributed by atoms with E-state index >= 15 is 0 Å². The Kier molecular flexibility index (Phi) is 4.22. The molecule has 0 radical (unpaired) electrons. The van der Waals surface area contributed by atoms with Crippen LogP contribution in [0.15, 0.2) is 23.1 Å². The molecule has 0 aliphatic carbocycles. The fourth-order valence-electron chi connectivity index (χ4n) is 2.27. The average molecular weight is 300 g/mol. The Morgan fingerprint density at radius 3 is 2.50 bits per heavy atom. The van der Waals surface area contributed by atoms with Crippen molar-refractivity contribution in [2.75, 3.05) is 27.3 Å². The van der Waals surface area contributed by atoms with Crippen molar-refractivity contribution in [3.8, 4) is 11.5 Å². The van der Waals surface area contributed by atoms with Gasteiger partial charge in [-0.05, 0) is 32.0 Å². The van der Waals surface area contributed by atoms with Crippen LogP contribution in [0.3, 0.4) is 0 Å². The average Bonchev–Trinajstić information content (AvgIpc) is 2.83. The lowest BCUT2D eigenvalue weighted by molar-refractivity contribution is 0.353. The predicted octanol–water partition coefficient (Wildman–Crippen LogP) is 0.734. The molecule has 1 unspecified atom stereocenters. The number of sulfonamides is 1. The van der Waals surface area contributed by atoms with Crippen LogP contribution >= 0.6 is 0 Å². The van der Waals surface area contributed by atoms with Crippen molar-refractivity contribution in [1.82, 2.24) is 10.0 Å². The van der Waals surface area contributed by atoms with Crippen molar-refractivity contribution < 1.29 is 17.9 Å². The quantitative estimate of drug-likeness (QED) is 0.838. The molecule has 2 N–H and O–H groups in total. The van der Waals surface area contributed by atoms with Crippen molar-refractivity contribution in [2.45, 2.75) is 23.8 Å². The van der Waals surface area contributed by atoms with Crippen LogP contribution < -0.4 is 19.5 Å². The molecule has 1 heterocycles. The molecule has 1 aromatic carbocycles. The van der Waals surface area contributed by atoms with Crippen molar-refractivity contribution in [3.05, 3.63) is 18.2 Å². The van der Waals surface area contributed by atoms with Gasteiger partial charge in [-0.3, -0.25) is 0 Å². The molecular weight excluding hydrogens is 280 g/mol. The molecule has 1 saturated heterocycles. The SMILES string of the molecule is COc1ccc(S(=O)(=O)NC2(C)CCNC2)cc1OC. The minimum absolute atomic E-state index is 0.170. The van der Waals surface area contributed by atoms with Crippen LogP contribution in [0.2, 0.25) is 0 Å². The molecule has 7 heteroatoms. The van der Waals surface area contributed by atoms with Gasteiger partial charge in [0, 0.05) is 18.2 Å². The van der Waals surface area contributed by atoms with Crippen LogP contribution in [0.5, 0.6) is 11.5 Å². The van der Waals surface area contributed by atoms with Crippen LogP contribution in [0.4, 0.5) is 0 Å². The van der Waals surface area contributed by atoms with Gasteiger partial charge in [0.05, 0.1) is 19.1 Å². The molecule has 1 aliphatic rings.